The highest BCUT2D eigenvalue weighted by Crippen LogP contribution is 2.21. The lowest BCUT2D eigenvalue weighted by atomic mass is 10.3. The van der Waals surface area contributed by atoms with Gasteiger partial charge in [0.15, 0.2) is 0 Å². The van der Waals surface area contributed by atoms with Gasteiger partial charge >= 0.3 is 5.69 Å². The minimum atomic E-state index is -0.785. The van der Waals surface area contributed by atoms with Gasteiger partial charge in [0.05, 0.1) is 36.9 Å². The Hall–Kier alpha value is -1.51. The van der Waals surface area contributed by atoms with Crippen molar-refractivity contribution < 1.29 is 19.5 Å². The largest absolute Gasteiger partial charge is 0.389 e. The van der Waals surface area contributed by atoms with Gasteiger partial charge in [-0.15, -0.1) is 0 Å². The van der Waals surface area contributed by atoms with Gasteiger partial charge in [0, 0.05) is 7.11 Å². The lowest BCUT2D eigenvalue weighted by molar-refractivity contribution is -0.386. The summed E-state index contributed by atoms with van der Waals surface area (Å²) in [6.07, 6.45) is -0.906. The molecular weight excluding hydrogens is 266 g/mol. The molecule has 0 saturated heterocycles. The first-order valence-electron chi connectivity index (χ1n) is 6.33. The van der Waals surface area contributed by atoms with Gasteiger partial charge in [-0.05, 0) is 20.8 Å². The number of hydrogen-bond acceptors (Lipinski definition) is 6. The molecule has 2 unspecified atom stereocenters. The number of aromatic nitrogens is 2. The summed E-state index contributed by atoms with van der Waals surface area (Å²) in [5.41, 5.74) is 0.760. The van der Waals surface area contributed by atoms with Crippen LogP contribution in [-0.4, -0.2) is 52.3 Å². The molecule has 8 heteroatoms. The number of hydrogen-bond donors (Lipinski definition) is 1. The maximum Gasteiger partial charge on any atom is 0.312 e. The lowest BCUT2D eigenvalue weighted by Crippen LogP contribution is -2.27. The second-order valence-electron chi connectivity index (χ2n) is 4.71. The first-order valence-corrected chi connectivity index (χ1v) is 6.33. The van der Waals surface area contributed by atoms with Crippen molar-refractivity contribution in [2.75, 3.05) is 20.3 Å². The van der Waals surface area contributed by atoms with E-state index in [1.165, 1.54) is 4.68 Å². The van der Waals surface area contributed by atoms with Gasteiger partial charge < -0.3 is 14.6 Å². The van der Waals surface area contributed by atoms with Crippen molar-refractivity contribution in [3.8, 4) is 0 Å². The van der Waals surface area contributed by atoms with Gasteiger partial charge in [-0.25, -0.2) is 0 Å². The Morgan fingerprint density at radius 3 is 2.60 bits per heavy atom. The first kappa shape index (κ1) is 16.5. The van der Waals surface area contributed by atoms with Gasteiger partial charge in [-0.2, -0.15) is 5.10 Å². The third-order valence-electron chi connectivity index (χ3n) is 2.88. The average molecular weight is 287 g/mol. The standard InChI is InChI=1S/C12H21N3O5/c1-8(6-19-4)20-7-11(16)5-14-10(3)12(15(17)18)9(2)13-14/h8,11,16H,5-7H2,1-4H3. The van der Waals surface area contributed by atoms with Crippen molar-refractivity contribution in [3.05, 3.63) is 21.5 Å². The predicted octanol–water partition coefficient (Wildman–Crippen LogP) is 0.821. The predicted molar refractivity (Wildman–Crippen MR) is 71.7 cm³/mol. The molecule has 1 aromatic rings. The Morgan fingerprint density at radius 1 is 1.45 bits per heavy atom. The van der Waals surface area contributed by atoms with E-state index in [4.69, 9.17) is 9.47 Å². The van der Waals surface area contributed by atoms with E-state index < -0.39 is 11.0 Å². The molecule has 0 saturated carbocycles. The van der Waals surface area contributed by atoms with Crippen molar-refractivity contribution in [1.29, 1.82) is 0 Å². The van der Waals surface area contributed by atoms with Crippen LogP contribution in [0.1, 0.15) is 18.3 Å². The van der Waals surface area contributed by atoms with Crippen molar-refractivity contribution in [2.45, 2.75) is 39.5 Å². The number of nitro groups is 1. The van der Waals surface area contributed by atoms with E-state index in [0.29, 0.717) is 18.0 Å². The minimum Gasteiger partial charge on any atom is -0.389 e. The molecule has 0 aliphatic rings. The van der Waals surface area contributed by atoms with E-state index in [1.54, 1.807) is 21.0 Å². The number of methoxy groups -OCH3 is 1. The van der Waals surface area contributed by atoms with E-state index in [9.17, 15) is 15.2 Å². The van der Waals surface area contributed by atoms with Crippen molar-refractivity contribution in [1.82, 2.24) is 9.78 Å². The third kappa shape index (κ3) is 4.26. The summed E-state index contributed by atoms with van der Waals surface area (Å²) in [6, 6.07) is 0. The highest BCUT2D eigenvalue weighted by Gasteiger charge is 2.22. The molecule has 0 aliphatic heterocycles. The SMILES string of the molecule is COCC(C)OCC(O)Cn1nc(C)c([N+](=O)[O-])c1C. The molecule has 0 aliphatic carbocycles. The van der Waals surface area contributed by atoms with Crippen LogP contribution in [-0.2, 0) is 16.0 Å². The van der Waals surface area contributed by atoms with Crippen LogP contribution in [0.2, 0.25) is 0 Å². The molecule has 0 amide bonds. The van der Waals surface area contributed by atoms with Crippen LogP contribution in [0.15, 0.2) is 0 Å². The molecule has 1 aromatic heterocycles. The zero-order valence-electron chi connectivity index (χ0n) is 12.2. The summed E-state index contributed by atoms with van der Waals surface area (Å²) < 4.78 is 11.7. The smallest absolute Gasteiger partial charge is 0.312 e. The fourth-order valence-corrected chi connectivity index (χ4v) is 1.94. The summed E-state index contributed by atoms with van der Waals surface area (Å²) in [5, 5.41) is 24.8. The monoisotopic (exact) mass is 287 g/mol. The second kappa shape index (κ2) is 7.32. The van der Waals surface area contributed by atoms with Gasteiger partial charge in [-0.3, -0.25) is 14.8 Å². The quantitative estimate of drug-likeness (QED) is 0.561. The summed E-state index contributed by atoms with van der Waals surface area (Å²) in [4.78, 5) is 10.4. The van der Waals surface area contributed by atoms with E-state index in [1.807, 2.05) is 6.92 Å². The van der Waals surface area contributed by atoms with E-state index >= 15 is 0 Å². The maximum atomic E-state index is 10.9. The molecule has 0 fully saturated rings. The van der Waals surface area contributed by atoms with Crippen LogP contribution in [0, 0.1) is 24.0 Å². The zero-order valence-corrected chi connectivity index (χ0v) is 12.2. The molecule has 2 atom stereocenters. The molecule has 0 radical (unpaired) electrons. The van der Waals surface area contributed by atoms with Crippen molar-refractivity contribution in [3.63, 3.8) is 0 Å². The lowest BCUT2D eigenvalue weighted by Gasteiger charge is -2.16. The number of rotatable bonds is 8. The van der Waals surface area contributed by atoms with Gasteiger partial charge in [0.2, 0.25) is 0 Å². The first-order chi connectivity index (χ1) is 9.36. The maximum absolute atomic E-state index is 10.9. The molecular formula is C12H21N3O5. The summed E-state index contributed by atoms with van der Waals surface area (Å²) in [6.45, 7) is 5.74. The topological polar surface area (TPSA) is 99.7 Å². The number of ether oxygens (including phenoxy) is 2. The number of aliphatic hydroxyl groups excluding tert-OH is 1. The van der Waals surface area contributed by atoms with Crippen LogP contribution < -0.4 is 0 Å². The van der Waals surface area contributed by atoms with Gasteiger partial charge in [0.25, 0.3) is 0 Å². The molecule has 0 bridgehead atoms. The number of aryl methyl sites for hydroxylation is 1. The summed E-state index contributed by atoms with van der Waals surface area (Å²) in [5.74, 6) is 0. The van der Waals surface area contributed by atoms with Crippen LogP contribution in [0.3, 0.4) is 0 Å². The molecule has 8 nitrogen and oxygen atoms in total. The molecule has 1 N–H and O–H groups in total. The molecule has 114 valence electrons. The highest BCUT2D eigenvalue weighted by atomic mass is 16.6. The summed E-state index contributed by atoms with van der Waals surface area (Å²) in [7, 11) is 1.57. The highest BCUT2D eigenvalue weighted by molar-refractivity contribution is 5.39. The van der Waals surface area contributed by atoms with Crippen LogP contribution in [0.4, 0.5) is 5.69 Å². The van der Waals surface area contributed by atoms with Crippen molar-refractivity contribution >= 4 is 5.69 Å². The normalized spacial score (nSPS) is 14.2. The summed E-state index contributed by atoms with van der Waals surface area (Å²) >= 11 is 0. The molecule has 1 rings (SSSR count). The zero-order chi connectivity index (χ0) is 15.3. The Morgan fingerprint density at radius 2 is 2.10 bits per heavy atom. The Kier molecular flexibility index (Phi) is 6.05. The van der Waals surface area contributed by atoms with E-state index in [0.717, 1.165) is 0 Å². The van der Waals surface area contributed by atoms with Crippen LogP contribution in [0.5, 0.6) is 0 Å². The third-order valence-corrected chi connectivity index (χ3v) is 2.88. The molecule has 0 aromatic carbocycles. The van der Waals surface area contributed by atoms with E-state index in [-0.39, 0.29) is 24.9 Å². The van der Waals surface area contributed by atoms with Gasteiger partial charge in [0.1, 0.15) is 11.4 Å². The van der Waals surface area contributed by atoms with Gasteiger partial charge in [-0.1, -0.05) is 0 Å². The number of aliphatic hydroxyl groups is 1. The second-order valence-corrected chi connectivity index (χ2v) is 4.71. The Labute approximate surface area is 117 Å². The fourth-order valence-electron chi connectivity index (χ4n) is 1.94. The van der Waals surface area contributed by atoms with Crippen molar-refractivity contribution in [2.24, 2.45) is 0 Å². The van der Waals surface area contributed by atoms with Crippen LogP contribution in [0.25, 0.3) is 0 Å². The average Bonchev–Trinajstić information content (AvgIpc) is 2.62. The van der Waals surface area contributed by atoms with Crippen LogP contribution >= 0.6 is 0 Å². The fraction of sp³-hybridized carbons (Fsp3) is 0.750. The molecule has 1 heterocycles. The molecule has 20 heavy (non-hydrogen) atoms. The number of nitrogens with zero attached hydrogens (tertiary/aromatic N) is 3. The Bertz CT molecular complexity index is 460. The minimum absolute atomic E-state index is 0.00845. The van der Waals surface area contributed by atoms with E-state index in [2.05, 4.69) is 5.10 Å². The Balaban J connectivity index is 2.60. The molecule has 0 spiro atoms.